The number of para-hydroxylation sites is 1. The minimum atomic E-state index is -1.09. The smallest absolute Gasteiger partial charge is 0.326 e. The normalized spacial score (nSPS) is 19.1. The molecule has 0 saturated carbocycles. The molecule has 22 heavy (non-hydrogen) atoms. The maximum atomic E-state index is 12.5. The number of rotatable bonds is 4. The third kappa shape index (κ3) is 2.99. The van der Waals surface area contributed by atoms with Gasteiger partial charge < -0.3 is 14.9 Å². The number of aliphatic carboxylic acids is 1. The fourth-order valence-electron chi connectivity index (χ4n) is 2.42. The van der Waals surface area contributed by atoms with E-state index in [4.69, 9.17) is 5.11 Å². The van der Waals surface area contributed by atoms with Crippen LogP contribution in [0.2, 0.25) is 0 Å². The molecule has 1 aromatic carbocycles. The SMILES string of the molecule is C[C@@H](C(=O)O)N(C)C(=O)[C@@H]1CCN(c2ccccc2Br)C1=O. The number of likely N-dealkylation sites (N-methyl/N-ethyl adjacent to an activating group) is 1. The second-order valence-electron chi connectivity index (χ2n) is 5.25. The lowest BCUT2D eigenvalue weighted by Crippen LogP contribution is -2.45. The molecule has 2 amide bonds. The summed E-state index contributed by atoms with van der Waals surface area (Å²) in [5, 5.41) is 8.98. The summed E-state index contributed by atoms with van der Waals surface area (Å²) >= 11 is 3.40. The number of hydrogen-bond donors (Lipinski definition) is 1. The molecule has 0 bridgehead atoms. The molecular formula is C15H17BrN2O4. The number of nitrogens with zero attached hydrogens (tertiary/aromatic N) is 2. The van der Waals surface area contributed by atoms with Crippen molar-refractivity contribution < 1.29 is 19.5 Å². The van der Waals surface area contributed by atoms with Gasteiger partial charge in [-0.05, 0) is 41.4 Å². The minimum Gasteiger partial charge on any atom is -0.480 e. The van der Waals surface area contributed by atoms with Crippen LogP contribution in [-0.2, 0) is 14.4 Å². The minimum absolute atomic E-state index is 0.290. The van der Waals surface area contributed by atoms with Crippen molar-refractivity contribution in [3.63, 3.8) is 0 Å². The summed E-state index contributed by atoms with van der Waals surface area (Å²) < 4.78 is 0.781. The average molecular weight is 369 g/mol. The molecule has 1 N–H and O–H groups in total. The number of carboxylic acids is 1. The Bertz CT molecular complexity index is 619. The molecule has 1 fully saturated rings. The van der Waals surface area contributed by atoms with Crippen molar-refractivity contribution in [1.29, 1.82) is 0 Å². The van der Waals surface area contributed by atoms with Crippen molar-refractivity contribution in [3.8, 4) is 0 Å². The molecule has 0 radical (unpaired) electrons. The molecule has 1 aliphatic rings. The summed E-state index contributed by atoms with van der Waals surface area (Å²) in [6.45, 7) is 1.86. The van der Waals surface area contributed by atoms with E-state index in [2.05, 4.69) is 15.9 Å². The van der Waals surface area contributed by atoms with Gasteiger partial charge in [-0.1, -0.05) is 12.1 Å². The quantitative estimate of drug-likeness (QED) is 0.821. The highest BCUT2D eigenvalue weighted by molar-refractivity contribution is 9.10. The molecule has 0 unspecified atom stereocenters. The van der Waals surface area contributed by atoms with Gasteiger partial charge in [0.2, 0.25) is 11.8 Å². The summed E-state index contributed by atoms with van der Waals surface area (Å²) in [5.41, 5.74) is 0.719. The molecule has 2 atom stereocenters. The van der Waals surface area contributed by atoms with Crippen molar-refractivity contribution in [2.75, 3.05) is 18.5 Å². The lowest BCUT2D eigenvalue weighted by atomic mass is 10.1. The zero-order valence-electron chi connectivity index (χ0n) is 12.3. The van der Waals surface area contributed by atoms with Crippen LogP contribution in [-0.4, -0.2) is 47.4 Å². The Balaban J connectivity index is 2.16. The number of anilines is 1. The maximum absolute atomic E-state index is 12.5. The molecule has 118 valence electrons. The number of hydrogen-bond acceptors (Lipinski definition) is 3. The second kappa shape index (κ2) is 6.48. The zero-order chi connectivity index (χ0) is 16.4. The first-order valence-corrected chi connectivity index (χ1v) is 7.69. The van der Waals surface area contributed by atoms with E-state index in [1.165, 1.54) is 14.0 Å². The highest BCUT2D eigenvalue weighted by Gasteiger charge is 2.40. The van der Waals surface area contributed by atoms with Crippen molar-refractivity contribution in [2.45, 2.75) is 19.4 Å². The van der Waals surface area contributed by atoms with E-state index in [9.17, 15) is 14.4 Å². The molecule has 7 heteroatoms. The highest BCUT2D eigenvalue weighted by Crippen LogP contribution is 2.32. The maximum Gasteiger partial charge on any atom is 0.326 e. The number of amides is 2. The van der Waals surface area contributed by atoms with Gasteiger partial charge in [-0.15, -0.1) is 0 Å². The lowest BCUT2D eigenvalue weighted by molar-refractivity contribution is -0.151. The van der Waals surface area contributed by atoms with Gasteiger partial charge in [0.15, 0.2) is 0 Å². The Labute approximate surface area is 136 Å². The van der Waals surface area contributed by atoms with Crippen LogP contribution < -0.4 is 4.90 Å². The van der Waals surface area contributed by atoms with Crippen LogP contribution in [0.5, 0.6) is 0 Å². The molecule has 1 aliphatic heterocycles. The van der Waals surface area contributed by atoms with Gasteiger partial charge in [-0.3, -0.25) is 9.59 Å². The van der Waals surface area contributed by atoms with Gasteiger partial charge >= 0.3 is 5.97 Å². The highest BCUT2D eigenvalue weighted by atomic mass is 79.9. The van der Waals surface area contributed by atoms with Gasteiger partial charge in [0.25, 0.3) is 0 Å². The molecule has 0 aromatic heterocycles. The van der Waals surface area contributed by atoms with Crippen LogP contribution in [0.4, 0.5) is 5.69 Å². The van der Waals surface area contributed by atoms with Crippen molar-refractivity contribution >= 4 is 39.4 Å². The number of halogens is 1. The van der Waals surface area contributed by atoms with Crippen molar-refractivity contribution in [2.24, 2.45) is 5.92 Å². The van der Waals surface area contributed by atoms with Crippen LogP contribution >= 0.6 is 15.9 Å². The third-order valence-corrected chi connectivity index (χ3v) is 4.60. The first-order valence-electron chi connectivity index (χ1n) is 6.90. The average Bonchev–Trinajstić information content (AvgIpc) is 2.87. The Kier molecular flexibility index (Phi) is 4.85. The molecule has 0 spiro atoms. The Morgan fingerprint density at radius 1 is 1.41 bits per heavy atom. The van der Waals surface area contributed by atoms with E-state index in [-0.39, 0.29) is 5.91 Å². The number of carbonyl (C=O) groups is 3. The van der Waals surface area contributed by atoms with Crippen LogP contribution in [0.3, 0.4) is 0 Å². The van der Waals surface area contributed by atoms with Gasteiger partial charge in [0.1, 0.15) is 12.0 Å². The predicted octanol–water partition coefficient (Wildman–Crippen LogP) is 1.73. The van der Waals surface area contributed by atoms with Crippen LogP contribution in [0.25, 0.3) is 0 Å². The monoisotopic (exact) mass is 368 g/mol. The third-order valence-electron chi connectivity index (χ3n) is 3.93. The first kappa shape index (κ1) is 16.5. The van der Waals surface area contributed by atoms with E-state index in [0.29, 0.717) is 13.0 Å². The second-order valence-corrected chi connectivity index (χ2v) is 6.10. The fourth-order valence-corrected chi connectivity index (χ4v) is 2.92. The topological polar surface area (TPSA) is 77.9 Å². The van der Waals surface area contributed by atoms with Gasteiger partial charge in [0, 0.05) is 18.1 Å². The molecule has 1 saturated heterocycles. The predicted molar refractivity (Wildman–Crippen MR) is 84.5 cm³/mol. The lowest BCUT2D eigenvalue weighted by Gasteiger charge is -2.24. The number of carboxylic acid groups (broad SMARTS) is 1. The molecule has 6 nitrogen and oxygen atoms in total. The van der Waals surface area contributed by atoms with Crippen molar-refractivity contribution in [3.05, 3.63) is 28.7 Å². The van der Waals surface area contributed by atoms with Gasteiger partial charge in [-0.25, -0.2) is 4.79 Å². The molecule has 0 aliphatic carbocycles. The molecule has 1 heterocycles. The Morgan fingerprint density at radius 3 is 2.64 bits per heavy atom. The summed E-state index contributed by atoms with van der Waals surface area (Å²) in [5.74, 6) is -2.65. The first-order chi connectivity index (χ1) is 10.3. The van der Waals surface area contributed by atoms with Gasteiger partial charge in [0.05, 0.1) is 5.69 Å². The number of benzene rings is 1. The van der Waals surface area contributed by atoms with Crippen molar-refractivity contribution in [1.82, 2.24) is 4.90 Å². The van der Waals surface area contributed by atoms with Crippen LogP contribution in [0, 0.1) is 5.92 Å². The van der Waals surface area contributed by atoms with Gasteiger partial charge in [-0.2, -0.15) is 0 Å². The van der Waals surface area contributed by atoms with E-state index in [0.717, 1.165) is 15.1 Å². The Hall–Kier alpha value is -1.89. The standard InChI is InChI=1S/C15H17BrN2O4/c1-9(15(21)22)17(2)13(19)10-7-8-18(14(10)20)12-6-4-3-5-11(12)16/h3-6,9-10H,7-8H2,1-2H3,(H,21,22)/t9-,10-/m0/s1. The molecular weight excluding hydrogens is 352 g/mol. The van der Waals surface area contributed by atoms with E-state index in [1.807, 2.05) is 18.2 Å². The van der Waals surface area contributed by atoms with E-state index in [1.54, 1.807) is 11.0 Å². The summed E-state index contributed by atoms with van der Waals surface area (Å²) in [7, 11) is 1.41. The molecule has 1 aromatic rings. The van der Waals surface area contributed by atoms with E-state index >= 15 is 0 Å². The van der Waals surface area contributed by atoms with Crippen LogP contribution in [0.1, 0.15) is 13.3 Å². The Morgan fingerprint density at radius 2 is 2.05 bits per heavy atom. The van der Waals surface area contributed by atoms with E-state index < -0.39 is 23.8 Å². The number of carbonyl (C=O) groups excluding carboxylic acids is 2. The fraction of sp³-hybridized carbons (Fsp3) is 0.400. The zero-order valence-corrected chi connectivity index (χ0v) is 13.9. The molecule has 2 rings (SSSR count). The summed E-state index contributed by atoms with van der Waals surface area (Å²) in [6, 6.07) is 6.34. The van der Waals surface area contributed by atoms with Crippen LogP contribution in [0.15, 0.2) is 28.7 Å². The summed E-state index contributed by atoms with van der Waals surface area (Å²) in [4.78, 5) is 38.5. The summed E-state index contributed by atoms with van der Waals surface area (Å²) in [6.07, 6.45) is 0.385. The largest absolute Gasteiger partial charge is 0.480 e.